The number of nitrogens with one attached hydrogen (secondary N) is 2. The lowest BCUT2D eigenvalue weighted by atomic mass is 10.1. The number of aromatic nitrogens is 1. The Morgan fingerprint density at radius 1 is 1.17 bits per heavy atom. The fraction of sp³-hybridized carbons (Fsp3) is 0.0870. The molecular formula is C23H20ClN3O3. The van der Waals surface area contributed by atoms with E-state index in [1.807, 2.05) is 19.1 Å². The van der Waals surface area contributed by atoms with Crippen LogP contribution in [-0.4, -0.2) is 23.3 Å². The Morgan fingerprint density at radius 3 is 2.70 bits per heavy atom. The average Bonchev–Trinajstić information content (AvgIpc) is 3.20. The predicted molar refractivity (Wildman–Crippen MR) is 117 cm³/mol. The summed E-state index contributed by atoms with van der Waals surface area (Å²) in [5, 5.41) is 5.63. The topological polar surface area (TPSA) is 84.2 Å². The first-order valence-electron chi connectivity index (χ1n) is 9.18. The monoisotopic (exact) mass is 421 g/mol. The van der Waals surface area contributed by atoms with Crippen molar-refractivity contribution in [1.29, 1.82) is 0 Å². The van der Waals surface area contributed by atoms with E-state index >= 15 is 0 Å². The average molecular weight is 422 g/mol. The lowest BCUT2D eigenvalue weighted by Crippen LogP contribution is -2.35. The molecule has 0 unspecified atom stereocenters. The molecule has 2 aromatic heterocycles. The Kier molecular flexibility index (Phi) is 6.83. The summed E-state index contributed by atoms with van der Waals surface area (Å²) in [6.45, 7) is 5.66. The number of carbonyl (C=O) groups is 2. The fourth-order valence-electron chi connectivity index (χ4n) is 2.72. The van der Waals surface area contributed by atoms with Crippen LogP contribution in [-0.2, 0) is 4.79 Å². The second-order valence-electron chi connectivity index (χ2n) is 6.37. The molecule has 2 amide bonds. The maximum atomic E-state index is 12.7. The Bertz CT molecular complexity index is 1120. The molecule has 0 spiro atoms. The SMILES string of the molecule is C=CCNC(=O)C(=Cc1ccc(-c2cccnc2Cl)o1)NC(=O)c1ccccc1C. The molecule has 3 rings (SSSR count). The maximum absolute atomic E-state index is 12.7. The highest BCUT2D eigenvalue weighted by atomic mass is 35.5. The summed E-state index contributed by atoms with van der Waals surface area (Å²) in [7, 11) is 0. The standard InChI is InChI=1S/C23H20ClN3O3/c1-3-12-26-23(29)19(27-22(28)17-8-5-4-7-15(17)2)14-16-10-11-20(30-16)18-9-6-13-25-21(18)24/h3-11,13-14H,1,12H2,2H3,(H,26,29)(H,27,28). The first-order chi connectivity index (χ1) is 14.5. The minimum Gasteiger partial charge on any atom is -0.457 e. The van der Waals surface area contributed by atoms with Crippen LogP contribution in [0.25, 0.3) is 17.4 Å². The third-order valence-corrected chi connectivity index (χ3v) is 4.53. The summed E-state index contributed by atoms with van der Waals surface area (Å²) >= 11 is 6.12. The van der Waals surface area contributed by atoms with Crippen LogP contribution in [0.4, 0.5) is 0 Å². The van der Waals surface area contributed by atoms with Crippen molar-refractivity contribution in [3.8, 4) is 11.3 Å². The van der Waals surface area contributed by atoms with E-state index < -0.39 is 11.8 Å². The molecule has 0 atom stereocenters. The van der Waals surface area contributed by atoms with Gasteiger partial charge in [0.25, 0.3) is 11.8 Å². The highest BCUT2D eigenvalue weighted by molar-refractivity contribution is 6.31. The van der Waals surface area contributed by atoms with Gasteiger partial charge in [-0.2, -0.15) is 0 Å². The van der Waals surface area contributed by atoms with Crippen molar-refractivity contribution in [2.24, 2.45) is 0 Å². The number of pyridine rings is 1. The fourth-order valence-corrected chi connectivity index (χ4v) is 2.94. The van der Waals surface area contributed by atoms with Crippen LogP contribution in [0.5, 0.6) is 0 Å². The van der Waals surface area contributed by atoms with Gasteiger partial charge in [-0.25, -0.2) is 4.98 Å². The molecular weight excluding hydrogens is 402 g/mol. The number of hydrogen-bond donors (Lipinski definition) is 2. The molecule has 6 nitrogen and oxygen atoms in total. The van der Waals surface area contributed by atoms with E-state index in [2.05, 4.69) is 22.2 Å². The first kappa shape index (κ1) is 21.1. The highest BCUT2D eigenvalue weighted by Gasteiger charge is 2.17. The smallest absolute Gasteiger partial charge is 0.268 e. The third kappa shape index (κ3) is 5.04. The van der Waals surface area contributed by atoms with Gasteiger partial charge in [0.1, 0.15) is 22.4 Å². The van der Waals surface area contributed by atoms with Gasteiger partial charge in [0.2, 0.25) is 0 Å². The molecule has 2 heterocycles. The summed E-state index contributed by atoms with van der Waals surface area (Å²) in [5.74, 6) is 0.0126. The number of rotatable bonds is 7. The molecule has 30 heavy (non-hydrogen) atoms. The molecule has 152 valence electrons. The second kappa shape index (κ2) is 9.71. The molecule has 0 saturated heterocycles. The zero-order valence-electron chi connectivity index (χ0n) is 16.3. The largest absolute Gasteiger partial charge is 0.457 e. The lowest BCUT2D eigenvalue weighted by molar-refractivity contribution is -0.117. The Balaban J connectivity index is 1.90. The predicted octanol–water partition coefficient (Wildman–Crippen LogP) is 4.38. The minimum atomic E-state index is -0.464. The summed E-state index contributed by atoms with van der Waals surface area (Å²) < 4.78 is 5.79. The summed E-state index contributed by atoms with van der Waals surface area (Å²) in [5.41, 5.74) is 1.94. The number of furan rings is 1. The normalized spacial score (nSPS) is 11.1. The van der Waals surface area contributed by atoms with Crippen LogP contribution >= 0.6 is 11.6 Å². The van der Waals surface area contributed by atoms with E-state index in [0.29, 0.717) is 27.8 Å². The van der Waals surface area contributed by atoms with Gasteiger partial charge in [-0.3, -0.25) is 9.59 Å². The Morgan fingerprint density at radius 2 is 1.97 bits per heavy atom. The van der Waals surface area contributed by atoms with E-state index in [1.165, 1.54) is 6.08 Å². The van der Waals surface area contributed by atoms with Gasteiger partial charge in [0.05, 0.1) is 5.56 Å². The van der Waals surface area contributed by atoms with Gasteiger partial charge >= 0.3 is 0 Å². The number of amides is 2. The summed E-state index contributed by atoms with van der Waals surface area (Å²) in [6.07, 6.45) is 4.59. The third-order valence-electron chi connectivity index (χ3n) is 4.23. The molecule has 0 aliphatic carbocycles. The summed E-state index contributed by atoms with van der Waals surface area (Å²) in [4.78, 5) is 29.3. The van der Waals surface area contributed by atoms with Crippen LogP contribution in [0, 0.1) is 6.92 Å². The van der Waals surface area contributed by atoms with Gasteiger partial charge in [-0.1, -0.05) is 35.9 Å². The molecule has 0 aliphatic rings. The van der Waals surface area contributed by atoms with Crippen LogP contribution < -0.4 is 10.6 Å². The molecule has 1 aromatic carbocycles. The quantitative estimate of drug-likeness (QED) is 0.337. The number of carbonyl (C=O) groups excluding carboxylic acids is 2. The molecule has 0 fully saturated rings. The number of halogens is 1. The zero-order valence-corrected chi connectivity index (χ0v) is 17.1. The first-order valence-corrected chi connectivity index (χ1v) is 9.56. The van der Waals surface area contributed by atoms with Crippen molar-refractivity contribution in [3.05, 3.63) is 95.1 Å². The zero-order chi connectivity index (χ0) is 21.5. The highest BCUT2D eigenvalue weighted by Crippen LogP contribution is 2.28. The van der Waals surface area contributed by atoms with Gasteiger partial charge < -0.3 is 15.1 Å². The van der Waals surface area contributed by atoms with Crippen LogP contribution in [0.15, 0.2) is 77.5 Å². The van der Waals surface area contributed by atoms with Crippen molar-refractivity contribution < 1.29 is 14.0 Å². The van der Waals surface area contributed by atoms with Gasteiger partial charge in [-0.15, -0.1) is 6.58 Å². The molecule has 3 aromatic rings. The molecule has 0 bridgehead atoms. The molecule has 0 aliphatic heterocycles. The number of benzene rings is 1. The van der Waals surface area contributed by atoms with Crippen molar-refractivity contribution in [2.75, 3.05) is 6.54 Å². The van der Waals surface area contributed by atoms with E-state index in [0.717, 1.165) is 5.56 Å². The number of hydrogen-bond acceptors (Lipinski definition) is 4. The van der Waals surface area contributed by atoms with Crippen molar-refractivity contribution in [3.63, 3.8) is 0 Å². The molecule has 0 saturated carbocycles. The van der Waals surface area contributed by atoms with Crippen molar-refractivity contribution >= 4 is 29.5 Å². The van der Waals surface area contributed by atoms with Crippen LogP contribution in [0.1, 0.15) is 21.7 Å². The second-order valence-corrected chi connectivity index (χ2v) is 6.73. The Labute approximate surface area is 179 Å². The van der Waals surface area contributed by atoms with Crippen molar-refractivity contribution in [2.45, 2.75) is 6.92 Å². The Hall–Kier alpha value is -3.64. The summed E-state index contributed by atoms with van der Waals surface area (Å²) in [6, 6.07) is 14.0. The van der Waals surface area contributed by atoms with E-state index in [4.69, 9.17) is 16.0 Å². The molecule has 2 N–H and O–H groups in total. The maximum Gasteiger partial charge on any atom is 0.268 e. The van der Waals surface area contributed by atoms with Crippen molar-refractivity contribution in [1.82, 2.24) is 15.6 Å². The van der Waals surface area contributed by atoms with Gasteiger partial charge in [0.15, 0.2) is 0 Å². The minimum absolute atomic E-state index is 0.0447. The van der Waals surface area contributed by atoms with Crippen LogP contribution in [0.3, 0.4) is 0 Å². The van der Waals surface area contributed by atoms with E-state index in [9.17, 15) is 9.59 Å². The number of aryl methyl sites for hydroxylation is 1. The molecule has 7 heteroatoms. The number of nitrogens with zero attached hydrogens (tertiary/aromatic N) is 1. The van der Waals surface area contributed by atoms with E-state index in [1.54, 1.807) is 48.7 Å². The van der Waals surface area contributed by atoms with E-state index in [-0.39, 0.29) is 12.2 Å². The van der Waals surface area contributed by atoms with Gasteiger partial charge in [-0.05, 0) is 42.8 Å². The lowest BCUT2D eigenvalue weighted by Gasteiger charge is -2.11. The van der Waals surface area contributed by atoms with Gasteiger partial charge in [0, 0.05) is 24.4 Å². The van der Waals surface area contributed by atoms with Crippen LogP contribution in [0.2, 0.25) is 5.15 Å². The molecule has 0 radical (unpaired) electrons.